The Kier molecular flexibility index (Phi) is 7.01. The zero-order valence-electron chi connectivity index (χ0n) is 14.7. The first-order valence-corrected chi connectivity index (χ1v) is 10.3. The number of amides is 1. The van der Waals surface area contributed by atoms with Crippen molar-refractivity contribution in [3.63, 3.8) is 0 Å². The second kappa shape index (κ2) is 8.65. The number of carbonyl (C=O) groups is 1. The average molecular weight is 406 g/mol. The van der Waals surface area contributed by atoms with E-state index in [1.807, 2.05) is 24.3 Å². The van der Waals surface area contributed by atoms with Crippen molar-refractivity contribution in [2.45, 2.75) is 44.6 Å². The lowest BCUT2D eigenvalue weighted by molar-refractivity contribution is -0.134. The molecule has 3 rings (SSSR count). The highest BCUT2D eigenvalue weighted by molar-refractivity contribution is 7.89. The van der Waals surface area contributed by atoms with Gasteiger partial charge in [0.1, 0.15) is 6.17 Å². The summed E-state index contributed by atoms with van der Waals surface area (Å²) in [5.41, 5.74) is 2.29. The molecule has 0 aromatic heterocycles. The third kappa shape index (κ3) is 4.73. The number of nitrogens with one attached hydrogen (secondary N) is 2. The van der Waals surface area contributed by atoms with Gasteiger partial charge in [0.05, 0.1) is 18.3 Å². The number of hydrogen-bond acceptors (Lipinski definition) is 4. The monoisotopic (exact) mass is 405 g/mol. The number of alkyl halides is 1. The molecule has 2 heterocycles. The third-order valence-electron chi connectivity index (χ3n) is 4.94. The molecule has 0 bridgehead atoms. The van der Waals surface area contributed by atoms with Gasteiger partial charge in [-0.2, -0.15) is 0 Å². The van der Waals surface area contributed by atoms with Crippen LogP contribution in [0.15, 0.2) is 24.3 Å². The van der Waals surface area contributed by atoms with Crippen LogP contribution in [0.5, 0.6) is 0 Å². The van der Waals surface area contributed by atoms with Crippen LogP contribution in [-0.4, -0.2) is 56.3 Å². The summed E-state index contributed by atoms with van der Waals surface area (Å²) in [5, 5.41) is 3.22. The minimum absolute atomic E-state index is 0. The summed E-state index contributed by atoms with van der Waals surface area (Å²) < 4.78 is 39.6. The predicted octanol–water partition coefficient (Wildman–Crippen LogP) is 1.00. The fraction of sp³-hybridized carbons (Fsp3) is 0.588. The first-order valence-electron chi connectivity index (χ1n) is 8.61. The van der Waals surface area contributed by atoms with E-state index < -0.39 is 28.3 Å². The molecule has 26 heavy (non-hydrogen) atoms. The topological polar surface area (TPSA) is 78.5 Å². The number of likely N-dealkylation sites (tertiary alicyclic amines) is 1. The van der Waals surface area contributed by atoms with E-state index in [4.69, 9.17) is 0 Å². The molecular weight excluding hydrogens is 381 g/mol. The molecule has 1 saturated heterocycles. The van der Waals surface area contributed by atoms with E-state index in [1.54, 1.807) is 6.92 Å². The van der Waals surface area contributed by atoms with Gasteiger partial charge in [-0.25, -0.2) is 17.5 Å². The van der Waals surface area contributed by atoms with Crippen molar-refractivity contribution in [2.75, 3.05) is 18.8 Å². The molecule has 0 unspecified atom stereocenters. The van der Waals surface area contributed by atoms with Crippen molar-refractivity contribution in [2.24, 2.45) is 0 Å². The first kappa shape index (κ1) is 21.1. The van der Waals surface area contributed by atoms with Gasteiger partial charge in [0.2, 0.25) is 15.9 Å². The zero-order chi connectivity index (χ0) is 18.0. The molecule has 2 aliphatic heterocycles. The van der Waals surface area contributed by atoms with Gasteiger partial charge in [0, 0.05) is 25.6 Å². The number of sulfonamides is 1. The second-order valence-electron chi connectivity index (χ2n) is 6.64. The van der Waals surface area contributed by atoms with Gasteiger partial charge in [0.25, 0.3) is 0 Å². The summed E-state index contributed by atoms with van der Waals surface area (Å²) in [5.74, 6) is -0.191. The van der Waals surface area contributed by atoms with Crippen LogP contribution in [0.2, 0.25) is 0 Å². The van der Waals surface area contributed by atoms with Crippen LogP contribution in [0.3, 0.4) is 0 Å². The maximum atomic E-state index is 13.9. The smallest absolute Gasteiger partial charge is 0.240 e. The lowest BCUT2D eigenvalue weighted by atomic mass is 9.95. The van der Waals surface area contributed by atoms with E-state index in [2.05, 4.69) is 10.0 Å². The van der Waals surface area contributed by atoms with Crippen LogP contribution in [0.1, 0.15) is 24.5 Å². The minimum atomic E-state index is -3.36. The van der Waals surface area contributed by atoms with Gasteiger partial charge in [-0.3, -0.25) is 4.79 Å². The van der Waals surface area contributed by atoms with E-state index in [9.17, 15) is 17.6 Å². The molecule has 0 radical (unpaired) electrons. The van der Waals surface area contributed by atoms with Gasteiger partial charge in [0.15, 0.2) is 0 Å². The van der Waals surface area contributed by atoms with Gasteiger partial charge in [-0.1, -0.05) is 24.3 Å². The van der Waals surface area contributed by atoms with Crippen molar-refractivity contribution in [3.8, 4) is 0 Å². The highest BCUT2D eigenvalue weighted by atomic mass is 35.5. The SMILES string of the molecule is CCS(=O)(=O)NC[C@@H]1C[C@H](F)CN1C(=O)[C@H]1Cc2ccccc2CN1.Cl. The van der Waals surface area contributed by atoms with Crippen LogP contribution >= 0.6 is 12.4 Å². The van der Waals surface area contributed by atoms with Crippen LogP contribution in [0.25, 0.3) is 0 Å². The quantitative estimate of drug-likeness (QED) is 0.766. The molecule has 0 saturated carbocycles. The maximum Gasteiger partial charge on any atom is 0.240 e. The lowest BCUT2D eigenvalue weighted by Crippen LogP contribution is -2.53. The molecule has 1 fully saturated rings. The largest absolute Gasteiger partial charge is 0.334 e. The highest BCUT2D eigenvalue weighted by Crippen LogP contribution is 2.24. The zero-order valence-corrected chi connectivity index (χ0v) is 16.3. The number of halogens is 2. The number of benzene rings is 1. The number of hydrogen-bond donors (Lipinski definition) is 2. The van der Waals surface area contributed by atoms with E-state index in [-0.39, 0.29) is 43.6 Å². The van der Waals surface area contributed by atoms with Gasteiger partial charge in [-0.15, -0.1) is 12.4 Å². The summed E-state index contributed by atoms with van der Waals surface area (Å²) in [6.07, 6.45) is -0.382. The van der Waals surface area contributed by atoms with Crippen LogP contribution in [-0.2, 0) is 27.8 Å². The Morgan fingerprint density at radius 1 is 1.35 bits per heavy atom. The molecule has 6 nitrogen and oxygen atoms in total. The highest BCUT2D eigenvalue weighted by Gasteiger charge is 2.39. The van der Waals surface area contributed by atoms with Crippen LogP contribution < -0.4 is 10.0 Å². The van der Waals surface area contributed by atoms with Gasteiger partial charge >= 0.3 is 0 Å². The second-order valence-corrected chi connectivity index (χ2v) is 8.73. The summed E-state index contributed by atoms with van der Waals surface area (Å²) in [6.45, 7) is 2.23. The maximum absolute atomic E-state index is 13.9. The third-order valence-corrected chi connectivity index (χ3v) is 6.31. The fourth-order valence-electron chi connectivity index (χ4n) is 3.48. The number of carbonyl (C=O) groups excluding carboxylic acids is 1. The van der Waals surface area contributed by atoms with E-state index in [0.29, 0.717) is 13.0 Å². The molecule has 146 valence electrons. The molecule has 2 N–H and O–H groups in total. The Hall–Kier alpha value is -1.22. The van der Waals surface area contributed by atoms with E-state index in [1.165, 1.54) is 10.5 Å². The number of rotatable bonds is 5. The minimum Gasteiger partial charge on any atom is -0.334 e. The van der Waals surface area contributed by atoms with E-state index in [0.717, 1.165) is 5.56 Å². The van der Waals surface area contributed by atoms with Crippen molar-refractivity contribution in [1.82, 2.24) is 14.9 Å². The summed E-state index contributed by atoms with van der Waals surface area (Å²) in [6, 6.07) is 7.10. The van der Waals surface area contributed by atoms with Crippen molar-refractivity contribution >= 4 is 28.3 Å². The average Bonchev–Trinajstić information content (AvgIpc) is 3.00. The standard InChI is InChI=1S/C17H24FN3O3S.ClH/c1-2-25(23,24)20-10-15-8-14(18)11-21(15)17(22)16-7-12-5-3-4-6-13(12)9-19-16;/h3-6,14-16,19-20H,2,7-11H2,1H3;1H/t14-,15-,16+;/m0./s1. The first-order chi connectivity index (χ1) is 11.9. The van der Waals surface area contributed by atoms with Crippen molar-refractivity contribution in [1.29, 1.82) is 0 Å². The molecule has 9 heteroatoms. The molecule has 0 spiro atoms. The lowest BCUT2D eigenvalue weighted by Gasteiger charge is -2.32. The van der Waals surface area contributed by atoms with Crippen molar-refractivity contribution < 1.29 is 17.6 Å². The van der Waals surface area contributed by atoms with Crippen LogP contribution in [0, 0.1) is 0 Å². The Morgan fingerprint density at radius 2 is 2.04 bits per heavy atom. The van der Waals surface area contributed by atoms with Gasteiger partial charge < -0.3 is 10.2 Å². The molecule has 1 aromatic carbocycles. The Balaban J connectivity index is 0.00000243. The van der Waals surface area contributed by atoms with Crippen molar-refractivity contribution in [3.05, 3.63) is 35.4 Å². The fourth-order valence-corrected chi connectivity index (χ4v) is 4.13. The predicted molar refractivity (Wildman–Crippen MR) is 100 cm³/mol. The normalized spacial score (nSPS) is 25.5. The summed E-state index contributed by atoms with van der Waals surface area (Å²) in [7, 11) is -3.36. The Morgan fingerprint density at radius 3 is 2.73 bits per heavy atom. The van der Waals surface area contributed by atoms with Gasteiger partial charge in [-0.05, 0) is 24.5 Å². The molecular formula is C17H25ClFN3O3S. The summed E-state index contributed by atoms with van der Waals surface area (Å²) >= 11 is 0. The molecule has 1 amide bonds. The number of nitrogens with zero attached hydrogens (tertiary/aromatic N) is 1. The molecule has 0 aliphatic carbocycles. The Labute approximate surface area is 160 Å². The van der Waals surface area contributed by atoms with E-state index >= 15 is 0 Å². The molecule has 3 atom stereocenters. The number of fused-ring (bicyclic) bond motifs is 1. The summed E-state index contributed by atoms with van der Waals surface area (Å²) in [4.78, 5) is 14.4. The van der Waals surface area contributed by atoms with Crippen LogP contribution in [0.4, 0.5) is 4.39 Å². The molecule has 1 aromatic rings. The Bertz CT molecular complexity index is 747. The molecule has 2 aliphatic rings.